The molecular formula is C16H22N2O4. The van der Waals surface area contributed by atoms with Gasteiger partial charge in [0.15, 0.2) is 6.61 Å². The molecule has 0 aromatic heterocycles. The van der Waals surface area contributed by atoms with E-state index in [2.05, 4.69) is 10.6 Å². The minimum atomic E-state index is -0.654. The van der Waals surface area contributed by atoms with Crippen LogP contribution in [0.3, 0.4) is 0 Å². The minimum Gasteiger partial charge on any atom is -0.455 e. The van der Waals surface area contributed by atoms with Crippen LogP contribution < -0.4 is 10.6 Å². The van der Waals surface area contributed by atoms with E-state index in [4.69, 9.17) is 4.74 Å². The molecule has 0 atom stereocenters. The van der Waals surface area contributed by atoms with E-state index >= 15 is 0 Å². The summed E-state index contributed by atoms with van der Waals surface area (Å²) in [6.45, 7) is 5.83. The van der Waals surface area contributed by atoms with Crippen molar-refractivity contribution in [3.63, 3.8) is 0 Å². The third kappa shape index (κ3) is 7.42. The number of hydrogen-bond donors (Lipinski definition) is 2. The summed E-state index contributed by atoms with van der Waals surface area (Å²) in [6.07, 6.45) is 0.0904. The van der Waals surface area contributed by atoms with Crippen molar-refractivity contribution < 1.29 is 19.1 Å². The van der Waals surface area contributed by atoms with Gasteiger partial charge in [0.05, 0.1) is 6.42 Å². The van der Waals surface area contributed by atoms with Gasteiger partial charge in [-0.2, -0.15) is 0 Å². The van der Waals surface area contributed by atoms with E-state index in [0.717, 1.165) is 11.1 Å². The van der Waals surface area contributed by atoms with Gasteiger partial charge in [-0.1, -0.05) is 43.7 Å². The first kappa shape index (κ1) is 17.7. The fourth-order valence-corrected chi connectivity index (χ4v) is 1.57. The molecule has 1 rings (SSSR count). The number of esters is 1. The van der Waals surface area contributed by atoms with Crippen LogP contribution >= 0.6 is 0 Å². The maximum absolute atomic E-state index is 11.6. The Kier molecular flexibility index (Phi) is 7.08. The second-order valence-corrected chi connectivity index (χ2v) is 5.48. The number of urea groups is 1. The molecule has 22 heavy (non-hydrogen) atoms. The van der Waals surface area contributed by atoms with Crippen molar-refractivity contribution in [1.82, 2.24) is 10.6 Å². The van der Waals surface area contributed by atoms with Crippen LogP contribution in [0.1, 0.15) is 25.0 Å². The number of rotatable bonds is 6. The predicted octanol–water partition coefficient (Wildman–Crippen LogP) is 1.56. The highest BCUT2D eigenvalue weighted by atomic mass is 16.5. The Balaban J connectivity index is 2.27. The first-order valence-electron chi connectivity index (χ1n) is 7.15. The second kappa shape index (κ2) is 8.81. The fourth-order valence-electron chi connectivity index (χ4n) is 1.57. The smallest absolute Gasteiger partial charge is 0.321 e. The summed E-state index contributed by atoms with van der Waals surface area (Å²) in [7, 11) is 0. The molecule has 2 N–H and O–H groups in total. The summed E-state index contributed by atoms with van der Waals surface area (Å²) in [4.78, 5) is 34.4. The first-order valence-corrected chi connectivity index (χ1v) is 7.15. The SMILES string of the molecule is Cc1ccc(CC(=O)OCC(=O)NC(=O)NCC(C)C)cc1. The molecule has 6 nitrogen and oxygen atoms in total. The van der Waals surface area contributed by atoms with Gasteiger partial charge >= 0.3 is 12.0 Å². The number of aryl methyl sites for hydroxylation is 1. The normalized spacial score (nSPS) is 10.2. The Hall–Kier alpha value is -2.37. The molecule has 120 valence electrons. The lowest BCUT2D eigenvalue weighted by atomic mass is 10.1. The number of benzene rings is 1. The van der Waals surface area contributed by atoms with Crippen LogP contribution in [0.15, 0.2) is 24.3 Å². The summed E-state index contributed by atoms with van der Waals surface area (Å²) in [5.74, 6) is -0.881. The fraction of sp³-hybridized carbons (Fsp3) is 0.438. The van der Waals surface area contributed by atoms with Crippen LogP contribution in [0.25, 0.3) is 0 Å². The van der Waals surface area contributed by atoms with Crippen molar-refractivity contribution in [2.75, 3.05) is 13.2 Å². The molecule has 0 heterocycles. The predicted molar refractivity (Wildman–Crippen MR) is 82.2 cm³/mol. The zero-order valence-corrected chi connectivity index (χ0v) is 13.1. The number of carbonyl (C=O) groups is 3. The molecule has 1 aromatic carbocycles. The molecular weight excluding hydrogens is 284 g/mol. The third-order valence-corrected chi connectivity index (χ3v) is 2.76. The Morgan fingerprint density at radius 3 is 2.36 bits per heavy atom. The first-order chi connectivity index (χ1) is 10.4. The third-order valence-electron chi connectivity index (χ3n) is 2.76. The van der Waals surface area contributed by atoms with Gasteiger partial charge in [0.2, 0.25) is 0 Å². The Morgan fingerprint density at radius 2 is 1.77 bits per heavy atom. The Bertz CT molecular complexity index is 523. The molecule has 0 radical (unpaired) electrons. The monoisotopic (exact) mass is 306 g/mol. The summed E-state index contributed by atoms with van der Waals surface area (Å²) >= 11 is 0. The summed E-state index contributed by atoms with van der Waals surface area (Å²) in [5, 5.41) is 4.63. The van der Waals surface area contributed by atoms with Crippen LogP contribution in [0.4, 0.5) is 4.79 Å². The molecule has 0 saturated heterocycles. The van der Waals surface area contributed by atoms with Crippen molar-refractivity contribution in [2.24, 2.45) is 5.92 Å². The van der Waals surface area contributed by atoms with Gasteiger partial charge in [-0.25, -0.2) is 4.79 Å². The lowest BCUT2D eigenvalue weighted by Crippen LogP contribution is -2.42. The van der Waals surface area contributed by atoms with Crippen molar-refractivity contribution >= 4 is 17.9 Å². The van der Waals surface area contributed by atoms with E-state index in [-0.39, 0.29) is 12.3 Å². The number of carbonyl (C=O) groups excluding carboxylic acids is 3. The van der Waals surface area contributed by atoms with Gasteiger partial charge in [-0.15, -0.1) is 0 Å². The van der Waals surface area contributed by atoms with E-state index in [1.807, 2.05) is 45.0 Å². The molecule has 6 heteroatoms. The van der Waals surface area contributed by atoms with Crippen LogP contribution in [-0.4, -0.2) is 31.1 Å². The maximum Gasteiger partial charge on any atom is 0.321 e. The molecule has 1 aromatic rings. The number of hydrogen-bond acceptors (Lipinski definition) is 4. The number of amides is 3. The van der Waals surface area contributed by atoms with Gasteiger partial charge in [0, 0.05) is 6.54 Å². The van der Waals surface area contributed by atoms with E-state index in [1.54, 1.807) is 0 Å². The molecule has 0 aliphatic carbocycles. The van der Waals surface area contributed by atoms with Gasteiger partial charge in [0.25, 0.3) is 5.91 Å². The summed E-state index contributed by atoms with van der Waals surface area (Å²) in [5.41, 5.74) is 1.91. The maximum atomic E-state index is 11.6. The van der Waals surface area contributed by atoms with E-state index in [9.17, 15) is 14.4 Å². The van der Waals surface area contributed by atoms with Crippen molar-refractivity contribution in [3.05, 3.63) is 35.4 Å². The Morgan fingerprint density at radius 1 is 1.14 bits per heavy atom. The number of imide groups is 1. The molecule has 0 unspecified atom stereocenters. The second-order valence-electron chi connectivity index (χ2n) is 5.48. The zero-order chi connectivity index (χ0) is 16.5. The lowest BCUT2D eigenvalue weighted by molar-refractivity contribution is -0.147. The zero-order valence-electron chi connectivity index (χ0n) is 13.1. The molecule has 3 amide bonds. The highest BCUT2D eigenvalue weighted by Gasteiger charge is 2.11. The minimum absolute atomic E-state index is 0.0904. The standard InChI is InChI=1S/C16H22N2O4/c1-11(2)9-17-16(21)18-14(19)10-22-15(20)8-13-6-4-12(3)5-7-13/h4-7,11H,8-10H2,1-3H3,(H2,17,18,19,21). The molecule has 0 fully saturated rings. The van der Waals surface area contributed by atoms with E-state index in [0.29, 0.717) is 6.54 Å². The van der Waals surface area contributed by atoms with E-state index in [1.165, 1.54) is 0 Å². The topological polar surface area (TPSA) is 84.5 Å². The highest BCUT2D eigenvalue weighted by molar-refractivity contribution is 5.95. The summed E-state index contributed by atoms with van der Waals surface area (Å²) in [6, 6.07) is 6.86. The largest absolute Gasteiger partial charge is 0.455 e. The van der Waals surface area contributed by atoms with E-state index < -0.39 is 24.5 Å². The molecule has 0 spiro atoms. The Labute approximate surface area is 130 Å². The highest BCUT2D eigenvalue weighted by Crippen LogP contribution is 2.04. The van der Waals surface area contributed by atoms with Crippen LogP contribution in [0.2, 0.25) is 0 Å². The van der Waals surface area contributed by atoms with Crippen LogP contribution in [0.5, 0.6) is 0 Å². The quantitative estimate of drug-likeness (QED) is 0.781. The van der Waals surface area contributed by atoms with Gasteiger partial charge in [-0.3, -0.25) is 14.9 Å². The number of ether oxygens (including phenoxy) is 1. The van der Waals surface area contributed by atoms with Gasteiger partial charge in [-0.05, 0) is 18.4 Å². The number of nitrogens with one attached hydrogen (secondary N) is 2. The average Bonchev–Trinajstić information content (AvgIpc) is 2.45. The summed E-state index contributed by atoms with van der Waals surface area (Å²) < 4.78 is 4.83. The van der Waals surface area contributed by atoms with Gasteiger partial charge < -0.3 is 10.1 Å². The van der Waals surface area contributed by atoms with Crippen LogP contribution in [0, 0.1) is 12.8 Å². The lowest BCUT2D eigenvalue weighted by Gasteiger charge is -2.09. The molecule has 0 aliphatic rings. The van der Waals surface area contributed by atoms with Crippen LogP contribution in [-0.2, 0) is 20.7 Å². The molecule has 0 aliphatic heterocycles. The van der Waals surface area contributed by atoms with Crippen molar-refractivity contribution in [2.45, 2.75) is 27.2 Å². The van der Waals surface area contributed by atoms with Crippen molar-refractivity contribution in [1.29, 1.82) is 0 Å². The molecule has 0 saturated carbocycles. The average molecular weight is 306 g/mol. The molecule has 0 bridgehead atoms. The van der Waals surface area contributed by atoms with Gasteiger partial charge in [0.1, 0.15) is 0 Å². The van der Waals surface area contributed by atoms with Crippen molar-refractivity contribution in [3.8, 4) is 0 Å².